The Morgan fingerprint density at radius 2 is 1.76 bits per heavy atom. The molecule has 0 bridgehead atoms. The zero-order chi connectivity index (χ0) is 24.4. The lowest BCUT2D eigenvalue weighted by molar-refractivity contribution is -0.122. The molecule has 34 heavy (non-hydrogen) atoms. The van der Waals surface area contributed by atoms with Crippen molar-refractivity contribution in [2.75, 3.05) is 12.4 Å². The molecule has 1 amide bonds. The van der Waals surface area contributed by atoms with Gasteiger partial charge >= 0.3 is 0 Å². The second-order valence-electron chi connectivity index (χ2n) is 8.14. The lowest BCUT2D eigenvalue weighted by atomic mass is 10.0. The molecule has 8 heteroatoms. The number of methoxy groups -OCH3 is 1. The van der Waals surface area contributed by atoms with Crippen molar-refractivity contribution in [1.29, 1.82) is 0 Å². The molecule has 0 aliphatic rings. The molecular formula is C26H24Cl2N2O4. The summed E-state index contributed by atoms with van der Waals surface area (Å²) in [4.78, 5) is 17.5. The van der Waals surface area contributed by atoms with Crippen molar-refractivity contribution in [2.45, 2.75) is 32.8 Å². The summed E-state index contributed by atoms with van der Waals surface area (Å²) >= 11 is 12.1. The number of carbonyl (C=O) groups is 1. The Morgan fingerprint density at radius 3 is 2.47 bits per heavy atom. The van der Waals surface area contributed by atoms with E-state index in [2.05, 4.69) is 24.1 Å². The van der Waals surface area contributed by atoms with Crippen molar-refractivity contribution in [3.8, 4) is 23.0 Å². The summed E-state index contributed by atoms with van der Waals surface area (Å²) in [7, 11) is 1.53. The minimum atomic E-state index is -0.828. The molecule has 1 atom stereocenters. The highest BCUT2D eigenvalue weighted by Gasteiger charge is 2.19. The monoisotopic (exact) mass is 498 g/mol. The van der Waals surface area contributed by atoms with Crippen molar-refractivity contribution in [2.24, 2.45) is 0 Å². The Bertz CT molecular complexity index is 1350. The first-order valence-corrected chi connectivity index (χ1v) is 11.5. The summed E-state index contributed by atoms with van der Waals surface area (Å²) < 4.78 is 17.1. The van der Waals surface area contributed by atoms with Crippen LogP contribution in [0.3, 0.4) is 0 Å². The van der Waals surface area contributed by atoms with E-state index in [0.717, 1.165) is 5.52 Å². The van der Waals surface area contributed by atoms with Crippen LogP contribution in [0.15, 0.2) is 59.0 Å². The lowest BCUT2D eigenvalue weighted by Gasteiger charge is -2.17. The van der Waals surface area contributed by atoms with E-state index in [4.69, 9.17) is 37.1 Å². The first kappa shape index (κ1) is 23.9. The number of oxazole rings is 1. The van der Waals surface area contributed by atoms with Gasteiger partial charge in [0.15, 0.2) is 11.7 Å². The number of halogens is 2. The van der Waals surface area contributed by atoms with Crippen LogP contribution in [0.1, 0.15) is 32.3 Å². The largest absolute Gasteiger partial charge is 0.495 e. The first-order chi connectivity index (χ1) is 16.2. The number of amides is 1. The Hall–Kier alpha value is -3.22. The van der Waals surface area contributed by atoms with E-state index in [0.29, 0.717) is 50.2 Å². The predicted octanol–water partition coefficient (Wildman–Crippen LogP) is 7.34. The molecule has 0 spiro atoms. The van der Waals surface area contributed by atoms with Gasteiger partial charge in [-0.25, -0.2) is 4.98 Å². The fraction of sp³-hybridized carbons (Fsp3) is 0.231. The minimum Gasteiger partial charge on any atom is -0.495 e. The van der Waals surface area contributed by atoms with Gasteiger partial charge in [0, 0.05) is 10.6 Å². The van der Waals surface area contributed by atoms with Crippen LogP contribution in [0, 0.1) is 0 Å². The maximum atomic E-state index is 12.9. The summed E-state index contributed by atoms with van der Waals surface area (Å²) in [5.74, 6) is 1.32. The molecule has 0 fully saturated rings. The Morgan fingerprint density at radius 1 is 1.00 bits per heavy atom. The van der Waals surface area contributed by atoms with Gasteiger partial charge in [0.2, 0.25) is 5.89 Å². The van der Waals surface area contributed by atoms with Gasteiger partial charge in [0.05, 0.1) is 17.8 Å². The van der Waals surface area contributed by atoms with E-state index in [9.17, 15) is 4.79 Å². The minimum absolute atomic E-state index is 0.323. The summed E-state index contributed by atoms with van der Waals surface area (Å²) in [6.45, 7) is 5.89. The van der Waals surface area contributed by atoms with Gasteiger partial charge in [-0.1, -0.05) is 43.1 Å². The van der Waals surface area contributed by atoms with Gasteiger partial charge in [0.1, 0.15) is 17.0 Å². The Balaban J connectivity index is 1.57. The number of hydrogen-bond acceptors (Lipinski definition) is 5. The summed E-state index contributed by atoms with van der Waals surface area (Å²) in [6.07, 6.45) is -0.828. The maximum absolute atomic E-state index is 12.9. The molecule has 1 unspecified atom stereocenters. The summed E-state index contributed by atoms with van der Waals surface area (Å²) in [5, 5.41) is 3.66. The van der Waals surface area contributed by atoms with E-state index in [1.165, 1.54) is 12.7 Å². The number of hydrogen-bond donors (Lipinski definition) is 1. The van der Waals surface area contributed by atoms with Crippen molar-refractivity contribution in [3.05, 3.63) is 70.2 Å². The molecule has 0 radical (unpaired) electrons. The highest BCUT2D eigenvalue weighted by Crippen LogP contribution is 2.33. The van der Waals surface area contributed by atoms with Crippen LogP contribution in [0.2, 0.25) is 10.0 Å². The maximum Gasteiger partial charge on any atom is 0.265 e. The molecule has 0 saturated carbocycles. The third kappa shape index (κ3) is 5.13. The molecule has 1 aromatic heterocycles. The second kappa shape index (κ2) is 9.95. The quantitative estimate of drug-likeness (QED) is 0.288. The Labute approximate surface area is 207 Å². The van der Waals surface area contributed by atoms with Gasteiger partial charge in [0.25, 0.3) is 5.91 Å². The summed E-state index contributed by atoms with van der Waals surface area (Å²) in [6, 6.07) is 16.1. The molecule has 176 valence electrons. The average molecular weight is 499 g/mol. The predicted molar refractivity (Wildman–Crippen MR) is 135 cm³/mol. The normalized spacial score (nSPS) is 12.1. The SMILES string of the molecule is COc1ccc(-c2nc3cc(C(C)C)ccc3o2)cc1NC(=O)C(C)Oc1ccc(Cl)cc1Cl. The van der Waals surface area contributed by atoms with E-state index in [1.54, 1.807) is 37.3 Å². The number of aromatic nitrogens is 1. The fourth-order valence-corrected chi connectivity index (χ4v) is 3.87. The summed E-state index contributed by atoms with van der Waals surface area (Å²) in [5.41, 5.74) is 3.83. The van der Waals surface area contributed by atoms with Crippen LogP contribution >= 0.6 is 23.2 Å². The average Bonchev–Trinajstić information content (AvgIpc) is 3.24. The molecule has 0 aliphatic heterocycles. The molecule has 1 heterocycles. The standard InChI is InChI=1S/C26H24Cl2N2O4/c1-14(2)16-5-9-24-21(11-16)30-26(34-24)17-6-8-23(32-4)20(12-17)29-25(31)15(3)33-22-10-7-18(27)13-19(22)28/h5-15H,1-4H3,(H,29,31). The Kier molecular flexibility index (Phi) is 7.00. The van der Waals surface area contributed by atoms with Crippen LogP contribution in [0.4, 0.5) is 5.69 Å². The van der Waals surface area contributed by atoms with E-state index in [1.807, 2.05) is 24.3 Å². The molecule has 4 rings (SSSR count). The van der Waals surface area contributed by atoms with Crippen LogP contribution in [0.5, 0.6) is 11.5 Å². The van der Waals surface area contributed by atoms with Gasteiger partial charge in [-0.3, -0.25) is 4.79 Å². The van der Waals surface area contributed by atoms with Crippen LogP contribution in [0.25, 0.3) is 22.6 Å². The number of anilines is 1. The van der Waals surface area contributed by atoms with Gasteiger partial charge in [-0.2, -0.15) is 0 Å². The molecule has 1 N–H and O–H groups in total. The molecular weight excluding hydrogens is 475 g/mol. The van der Waals surface area contributed by atoms with E-state index in [-0.39, 0.29) is 5.91 Å². The highest BCUT2D eigenvalue weighted by atomic mass is 35.5. The highest BCUT2D eigenvalue weighted by molar-refractivity contribution is 6.35. The number of fused-ring (bicyclic) bond motifs is 1. The molecule has 0 saturated heterocycles. The lowest BCUT2D eigenvalue weighted by Crippen LogP contribution is -2.30. The molecule has 4 aromatic rings. The zero-order valence-corrected chi connectivity index (χ0v) is 20.7. The van der Waals surface area contributed by atoms with Crippen molar-refractivity contribution >= 4 is 45.9 Å². The van der Waals surface area contributed by atoms with Crippen LogP contribution in [-0.2, 0) is 4.79 Å². The molecule has 6 nitrogen and oxygen atoms in total. The zero-order valence-electron chi connectivity index (χ0n) is 19.2. The van der Waals surface area contributed by atoms with Crippen LogP contribution in [-0.4, -0.2) is 24.1 Å². The first-order valence-electron chi connectivity index (χ1n) is 10.8. The number of benzene rings is 3. The van der Waals surface area contributed by atoms with Crippen molar-refractivity contribution < 1.29 is 18.7 Å². The van der Waals surface area contributed by atoms with E-state index < -0.39 is 6.10 Å². The second-order valence-corrected chi connectivity index (χ2v) is 8.98. The molecule has 3 aromatic carbocycles. The third-order valence-corrected chi connectivity index (χ3v) is 5.88. The molecule has 0 aliphatic carbocycles. The number of rotatable bonds is 7. The fourth-order valence-electron chi connectivity index (χ4n) is 3.41. The van der Waals surface area contributed by atoms with Crippen molar-refractivity contribution in [3.63, 3.8) is 0 Å². The van der Waals surface area contributed by atoms with Crippen molar-refractivity contribution in [1.82, 2.24) is 4.98 Å². The number of ether oxygens (including phenoxy) is 2. The number of nitrogens with one attached hydrogen (secondary N) is 1. The van der Waals surface area contributed by atoms with Gasteiger partial charge in [-0.15, -0.1) is 0 Å². The smallest absolute Gasteiger partial charge is 0.265 e. The van der Waals surface area contributed by atoms with Gasteiger partial charge < -0.3 is 19.2 Å². The third-order valence-electron chi connectivity index (χ3n) is 5.35. The number of nitrogens with zero attached hydrogens (tertiary/aromatic N) is 1. The topological polar surface area (TPSA) is 73.6 Å². The van der Waals surface area contributed by atoms with E-state index >= 15 is 0 Å². The van der Waals surface area contributed by atoms with Gasteiger partial charge in [-0.05, 0) is 66.9 Å². The number of carbonyl (C=O) groups excluding carboxylic acids is 1. The van der Waals surface area contributed by atoms with Crippen LogP contribution < -0.4 is 14.8 Å².